The maximum atomic E-state index is 12.2. The number of fused-ring (bicyclic) bond motifs is 3. The number of hydrogen-bond donors (Lipinski definition) is 4. The first-order valence-corrected chi connectivity index (χ1v) is 10.1. The molecule has 1 saturated carbocycles. The molecule has 0 saturated heterocycles. The number of H-pyrrole nitrogens is 1. The van der Waals surface area contributed by atoms with Crippen molar-refractivity contribution in [1.82, 2.24) is 19.9 Å². The van der Waals surface area contributed by atoms with Crippen LogP contribution in [0.15, 0.2) is 30.5 Å². The quantitative estimate of drug-likeness (QED) is 0.290. The fourth-order valence-corrected chi connectivity index (χ4v) is 4.19. The molecular weight excluding hydrogens is 394 g/mol. The van der Waals surface area contributed by atoms with E-state index in [9.17, 15) is 4.79 Å². The third-order valence-corrected chi connectivity index (χ3v) is 5.68. The van der Waals surface area contributed by atoms with Crippen LogP contribution in [-0.4, -0.2) is 38.2 Å². The van der Waals surface area contributed by atoms with Gasteiger partial charge in [0.25, 0.3) is 5.91 Å². The van der Waals surface area contributed by atoms with E-state index in [4.69, 9.17) is 21.6 Å². The summed E-state index contributed by atoms with van der Waals surface area (Å²) in [6.45, 7) is 0. The summed E-state index contributed by atoms with van der Waals surface area (Å²) >= 11 is 0. The first-order valence-electron chi connectivity index (χ1n) is 10.1. The summed E-state index contributed by atoms with van der Waals surface area (Å²) in [5.41, 5.74) is 15.0. The molecule has 1 aromatic carbocycles. The van der Waals surface area contributed by atoms with Crippen LogP contribution in [0.1, 0.15) is 41.7 Å². The lowest BCUT2D eigenvalue weighted by atomic mass is 10.0. The van der Waals surface area contributed by atoms with Crippen LogP contribution in [-0.2, 0) is 0 Å². The van der Waals surface area contributed by atoms with Crippen LogP contribution in [0.25, 0.3) is 33.2 Å². The molecule has 9 nitrogen and oxygen atoms in total. The zero-order valence-electron chi connectivity index (χ0n) is 16.7. The molecule has 0 spiro atoms. The second-order valence-electron chi connectivity index (χ2n) is 7.65. The molecule has 0 bridgehead atoms. The third-order valence-electron chi connectivity index (χ3n) is 5.68. The monoisotopic (exact) mass is 415 g/mol. The fourth-order valence-electron chi connectivity index (χ4n) is 4.19. The Kier molecular flexibility index (Phi) is 4.50. The Labute approximate surface area is 177 Å². The Morgan fingerprint density at radius 1 is 1.19 bits per heavy atom. The molecule has 9 heteroatoms. The van der Waals surface area contributed by atoms with Crippen molar-refractivity contribution in [3.8, 4) is 17.4 Å². The number of nitrogens with one attached hydrogen (secondary N) is 2. The Morgan fingerprint density at radius 2 is 2.00 bits per heavy atom. The predicted octanol–water partition coefficient (Wildman–Crippen LogP) is 3.17. The Bertz CT molecular complexity index is 1340. The lowest BCUT2D eigenvalue weighted by Gasteiger charge is -2.11. The van der Waals surface area contributed by atoms with Gasteiger partial charge in [0.1, 0.15) is 6.10 Å². The van der Waals surface area contributed by atoms with Crippen molar-refractivity contribution in [2.24, 2.45) is 5.73 Å². The maximum absolute atomic E-state index is 12.2. The Hall–Kier alpha value is -4.01. The van der Waals surface area contributed by atoms with Crippen LogP contribution < -0.4 is 16.2 Å². The van der Waals surface area contributed by atoms with E-state index in [1.54, 1.807) is 24.4 Å². The largest absolute Gasteiger partial charge is 0.460 e. The van der Waals surface area contributed by atoms with Crippen molar-refractivity contribution in [2.75, 3.05) is 5.73 Å². The lowest BCUT2D eigenvalue weighted by molar-refractivity contribution is 0.0997. The molecule has 0 unspecified atom stereocenters. The minimum absolute atomic E-state index is 0.0927. The van der Waals surface area contributed by atoms with Gasteiger partial charge in [0.05, 0.1) is 16.9 Å². The summed E-state index contributed by atoms with van der Waals surface area (Å²) < 4.78 is 5.92. The van der Waals surface area contributed by atoms with Gasteiger partial charge in [-0.15, -0.1) is 0 Å². The number of nitrogens with two attached hydrogens (primary N) is 2. The molecule has 0 atom stereocenters. The number of nitrogen functional groups attached to an aromatic ring is 1. The number of hydrogen-bond acceptors (Lipinski definition) is 7. The van der Waals surface area contributed by atoms with Crippen molar-refractivity contribution in [2.45, 2.75) is 31.8 Å². The van der Waals surface area contributed by atoms with Gasteiger partial charge >= 0.3 is 6.01 Å². The molecule has 1 amide bonds. The molecular formula is C22H21N7O2. The minimum Gasteiger partial charge on any atom is -0.460 e. The third kappa shape index (κ3) is 3.24. The fraction of sp³-hybridized carbons (Fsp3) is 0.227. The number of pyridine rings is 1. The first-order chi connectivity index (χ1) is 15.0. The van der Waals surface area contributed by atoms with E-state index in [2.05, 4.69) is 19.9 Å². The molecule has 31 heavy (non-hydrogen) atoms. The number of amides is 1. The second kappa shape index (κ2) is 7.35. The topological polar surface area (TPSA) is 157 Å². The van der Waals surface area contributed by atoms with E-state index in [0.717, 1.165) is 36.6 Å². The van der Waals surface area contributed by atoms with Crippen molar-refractivity contribution >= 4 is 39.6 Å². The van der Waals surface area contributed by atoms with Crippen molar-refractivity contribution in [3.05, 3.63) is 41.7 Å². The lowest BCUT2D eigenvalue weighted by Crippen LogP contribution is -2.15. The molecule has 5 rings (SSSR count). The van der Waals surface area contributed by atoms with Crippen LogP contribution >= 0.6 is 0 Å². The summed E-state index contributed by atoms with van der Waals surface area (Å²) in [5, 5.41) is 9.23. The number of aromatic amines is 1. The van der Waals surface area contributed by atoms with E-state index in [1.165, 1.54) is 6.21 Å². The predicted molar refractivity (Wildman–Crippen MR) is 118 cm³/mol. The van der Waals surface area contributed by atoms with Crippen LogP contribution in [0.3, 0.4) is 0 Å². The maximum Gasteiger partial charge on any atom is 0.317 e. The van der Waals surface area contributed by atoms with Gasteiger partial charge in [-0.3, -0.25) is 4.79 Å². The zero-order valence-corrected chi connectivity index (χ0v) is 16.7. The summed E-state index contributed by atoms with van der Waals surface area (Å²) in [6.07, 6.45) is 7.21. The van der Waals surface area contributed by atoms with E-state index < -0.39 is 5.91 Å². The van der Waals surface area contributed by atoms with Gasteiger partial charge in [-0.25, -0.2) is 9.97 Å². The molecule has 1 aliphatic rings. The van der Waals surface area contributed by atoms with Gasteiger partial charge in [0.2, 0.25) is 0 Å². The number of anilines is 1. The van der Waals surface area contributed by atoms with Crippen molar-refractivity contribution in [1.29, 1.82) is 5.41 Å². The number of rotatable bonds is 5. The van der Waals surface area contributed by atoms with Gasteiger partial charge < -0.3 is 26.6 Å². The molecule has 156 valence electrons. The van der Waals surface area contributed by atoms with Crippen LogP contribution in [0, 0.1) is 5.41 Å². The van der Waals surface area contributed by atoms with Gasteiger partial charge in [-0.2, -0.15) is 4.98 Å². The SMILES string of the molecule is N=Cc1c(N)ccc2[nH]c3c(C(N)=O)nc(-c4ccnc(OC5CCCC5)n4)cc3c12. The van der Waals surface area contributed by atoms with E-state index in [0.29, 0.717) is 33.5 Å². The zero-order chi connectivity index (χ0) is 21.5. The first kappa shape index (κ1) is 19.0. The van der Waals surface area contributed by atoms with E-state index in [-0.39, 0.29) is 17.8 Å². The summed E-state index contributed by atoms with van der Waals surface area (Å²) in [7, 11) is 0. The van der Waals surface area contributed by atoms with E-state index >= 15 is 0 Å². The number of carbonyl (C=O) groups excluding carboxylic acids is 1. The molecule has 0 aliphatic heterocycles. The standard InChI is InChI=1S/C22H21N7O2/c23-10-13-14(24)5-6-16-18(13)12-9-17(28-20(21(25)30)19(12)27-16)15-7-8-26-22(29-15)31-11-3-1-2-4-11/h5-11,23,27H,1-4,24H2,(H2,25,30). The normalized spacial score (nSPS) is 14.3. The van der Waals surface area contributed by atoms with Crippen molar-refractivity contribution < 1.29 is 9.53 Å². The molecule has 4 aromatic rings. The van der Waals surface area contributed by atoms with E-state index in [1.807, 2.05) is 6.07 Å². The highest BCUT2D eigenvalue weighted by Gasteiger charge is 2.21. The van der Waals surface area contributed by atoms with Gasteiger partial charge in [-0.05, 0) is 49.9 Å². The molecule has 6 N–H and O–H groups in total. The average Bonchev–Trinajstić information content (AvgIpc) is 3.41. The number of carbonyl (C=O) groups is 1. The number of nitrogens with zero attached hydrogens (tertiary/aromatic N) is 3. The van der Waals surface area contributed by atoms with Crippen LogP contribution in [0.4, 0.5) is 5.69 Å². The van der Waals surface area contributed by atoms with Gasteiger partial charge in [-0.1, -0.05) is 0 Å². The minimum atomic E-state index is -0.667. The van der Waals surface area contributed by atoms with Crippen LogP contribution in [0.2, 0.25) is 0 Å². The second-order valence-corrected chi connectivity index (χ2v) is 7.65. The number of ether oxygens (including phenoxy) is 1. The Morgan fingerprint density at radius 3 is 2.74 bits per heavy atom. The number of benzene rings is 1. The summed E-state index contributed by atoms with van der Waals surface area (Å²) in [6, 6.07) is 7.33. The molecule has 1 fully saturated rings. The molecule has 1 aliphatic carbocycles. The van der Waals surface area contributed by atoms with Gasteiger partial charge in [0, 0.05) is 40.0 Å². The highest BCUT2D eigenvalue weighted by molar-refractivity contribution is 6.20. The number of aromatic nitrogens is 4. The molecule has 3 aromatic heterocycles. The highest BCUT2D eigenvalue weighted by atomic mass is 16.5. The summed E-state index contributed by atoms with van der Waals surface area (Å²) in [4.78, 5) is 28.6. The van der Waals surface area contributed by atoms with Crippen LogP contribution in [0.5, 0.6) is 6.01 Å². The highest BCUT2D eigenvalue weighted by Crippen LogP contribution is 2.34. The van der Waals surface area contributed by atoms with Gasteiger partial charge in [0.15, 0.2) is 5.69 Å². The smallest absolute Gasteiger partial charge is 0.317 e. The van der Waals surface area contributed by atoms with Crippen molar-refractivity contribution in [3.63, 3.8) is 0 Å². The molecule has 3 heterocycles. The average molecular weight is 415 g/mol. The summed E-state index contributed by atoms with van der Waals surface area (Å²) in [5.74, 6) is -0.667. The number of primary amides is 1. The Balaban J connectivity index is 1.71. The molecule has 0 radical (unpaired) electrons.